The van der Waals surface area contributed by atoms with Gasteiger partial charge in [0, 0.05) is 21.3 Å². The number of rotatable bonds is 9. The summed E-state index contributed by atoms with van der Waals surface area (Å²) in [5, 5.41) is 66.6. The van der Waals surface area contributed by atoms with Crippen LogP contribution in [0.2, 0.25) is 6.82 Å². The molecule has 13 nitrogen and oxygen atoms in total. The van der Waals surface area contributed by atoms with Crippen molar-refractivity contribution in [1.82, 2.24) is 0 Å². The van der Waals surface area contributed by atoms with Crippen molar-refractivity contribution in [2.75, 3.05) is 41.0 Å². The van der Waals surface area contributed by atoms with E-state index in [1.54, 1.807) is 82.7 Å². The summed E-state index contributed by atoms with van der Waals surface area (Å²) >= 11 is 8.60. The minimum atomic E-state index is -1.18. The number of carbonyl (C=O) groups is 1. The zero-order valence-electron chi connectivity index (χ0n) is 37.3. The molecule has 0 saturated carbocycles. The molecule has 0 saturated heterocycles. The first-order valence-electron chi connectivity index (χ1n) is 20.0. The average Bonchev–Trinajstić information content (AvgIpc) is 3.29. The number of benzene rings is 8. The number of halogens is 1. The predicted molar refractivity (Wildman–Crippen MR) is 257 cm³/mol. The van der Waals surface area contributed by atoms with Crippen molar-refractivity contribution in [2.24, 2.45) is 0 Å². The topological polar surface area (TPSA) is 205 Å². The molecule has 0 amide bonds. The van der Waals surface area contributed by atoms with Crippen LogP contribution in [0.5, 0.6) is 46.0 Å². The number of methoxy groups -OCH3 is 3. The van der Waals surface area contributed by atoms with Crippen molar-refractivity contribution >= 4 is 79.7 Å². The number of alkyl halides is 1. The molecular formula is C48H50BClO13S. The van der Waals surface area contributed by atoms with Gasteiger partial charge < -0.3 is 59.4 Å². The normalized spacial score (nSPS) is 10.3. The van der Waals surface area contributed by atoms with Crippen molar-refractivity contribution in [1.29, 1.82) is 2.77 Å². The average molecular weight is 916 g/mol. The molecule has 16 heteroatoms. The van der Waals surface area contributed by atoms with Gasteiger partial charge in [0.15, 0.2) is 20.1 Å². The summed E-state index contributed by atoms with van der Waals surface area (Å²) in [6.45, 7) is 1.92. The number of phenols is 6. The second kappa shape index (κ2) is 27.3. The quantitative estimate of drug-likeness (QED) is 0.0294. The van der Waals surface area contributed by atoms with E-state index in [4.69, 9.17) is 48.6 Å². The zero-order valence-corrected chi connectivity index (χ0v) is 37.0. The highest BCUT2D eigenvalue weighted by Crippen LogP contribution is 2.29. The highest BCUT2D eigenvalue weighted by molar-refractivity contribution is 8.06. The summed E-state index contributed by atoms with van der Waals surface area (Å²) in [5.41, 5.74) is -0.145. The predicted octanol–water partition coefficient (Wildman–Crippen LogP) is 10.4. The third kappa shape index (κ3) is 17.2. The number of carboxylic acids is 1. The Morgan fingerprint density at radius 3 is 1.25 bits per heavy atom. The molecule has 8 rings (SSSR count). The lowest BCUT2D eigenvalue weighted by Crippen LogP contribution is -1.98. The summed E-state index contributed by atoms with van der Waals surface area (Å²) in [6, 6.07) is 39.7. The van der Waals surface area contributed by atoms with Crippen LogP contribution in [0.1, 0.15) is 10.4 Å². The maximum atomic E-state index is 10.7. The number of thiol groups is 1. The molecule has 336 valence electrons. The summed E-state index contributed by atoms with van der Waals surface area (Å²) in [7, 11) is 4.70. The van der Waals surface area contributed by atoms with Crippen molar-refractivity contribution in [2.45, 2.75) is 6.82 Å². The van der Waals surface area contributed by atoms with Gasteiger partial charge in [0.1, 0.15) is 57.6 Å². The van der Waals surface area contributed by atoms with Crippen molar-refractivity contribution in [3.63, 3.8) is 0 Å². The van der Waals surface area contributed by atoms with Gasteiger partial charge in [0.25, 0.3) is 1.43 Å². The minimum absolute atomic E-state index is 0.0741. The van der Waals surface area contributed by atoms with E-state index in [1.807, 2.05) is 60.7 Å². The lowest BCUT2D eigenvalue weighted by molar-refractivity contribution is 0.0510. The molecule has 0 atom stereocenters. The van der Waals surface area contributed by atoms with Gasteiger partial charge in [-0.1, -0.05) is 60.9 Å². The molecule has 0 aliphatic heterocycles. The molecule has 0 bridgehead atoms. The standard InChI is InChI=1S/2C12H12O3.C11H8O4.C10H8O2.C2H5ClO.CH5BS/c2*1-14-8-15-12-5-3-9-2-4-11(13)6-10(9)7-12;12-8-2-1-6-4-9(11(14)15)10(13)5-7(6)3-8;11-9-3-1-7-2-4-10(12)6-8(7)5-9;1-4-2-3;1-2-3/h2*2-7,13H,8H2,1H3;1-5,12-13H,(H,14,15);1-6,11-12H;2H2,1H3;2-3H,1H3/i;;;;;2D/hT. The molecule has 0 radical (unpaired) electrons. The lowest BCUT2D eigenvalue weighted by atomic mass is 10.1. The molecular weight excluding hydrogens is 863 g/mol. The van der Waals surface area contributed by atoms with Gasteiger partial charge in [-0.15, -0.1) is 0 Å². The Labute approximate surface area is 384 Å². The second-order valence-corrected chi connectivity index (χ2v) is 13.8. The van der Waals surface area contributed by atoms with Crippen LogP contribution in [-0.4, -0.2) is 92.0 Å². The Kier molecular flexibility index (Phi) is 20.6. The molecule has 0 unspecified atom stereocenters. The second-order valence-electron chi connectivity index (χ2n) is 13.0. The van der Waals surface area contributed by atoms with Gasteiger partial charge in [0.05, 0.1) is 0 Å². The van der Waals surface area contributed by atoms with Crippen LogP contribution < -0.4 is 9.47 Å². The van der Waals surface area contributed by atoms with Gasteiger partial charge in [-0.25, -0.2) is 17.3 Å². The van der Waals surface area contributed by atoms with Crippen molar-refractivity contribution in [3.8, 4) is 46.0 Å². The van der Waals surface area contributed by atoms with Crippen LogP contribution in [-0.2, 0) is 14.2 Å². The Balaban J connectivity index is 0.000000222. The molecule has 0 heterocycles. The fourth-order valence-electron chi connectivity index (χ4n) is 5.51. The molecule has 0 aromatic heterocycles. The van der Waals surface area contributed by atoms with Crippen LogP contribution in [0.15, 0.2) is 140 Å². The first-order valence-corrected chi connectivity index (χ1v) is 20.1. The summed E-state index contributed by atoms with van der Waals surface area (Å²) in [6.07, 6.45) is 0. The van der Waals surface area contributed by atoms with Crippen LogP contribution in [0, 0.1) is 0 Å². The van der Waals surface area contributed by atoms with E-state index in [-0.39, 0.29) is 54.4 Å². The van der Waals surface area contributed by atoms with Gasteiger partial charge in [0.2, 0.25) is 0 Å². The summed E-state index contributed by atoms with van der Waals surface area (Å²) < 4.78 is 37.8. The smallest absolute Gasteiger partial charge is 0.339 e. The third-order valence-electron chi connectivity index (χ3n) is 8.35. The van der Waals surface area contributed by atoms with E-state index in [1.165, 1.54) is 24.3 Å². The van der Waals surface area contributed by atoms with E-state index in [0.29, 0.717) is 22.6 Å². The Hall–Kier alpha value is -6.75. The Morgan fingerprint density at radius 1 is 0.562 bits per heavy atom. The van der Waals surface area contributed by atoms with E-state index in [2.05, 4.69) is 22.3 Å². The molecule has 8 aromatic rings. The molecule has 8 aromatic carbocycles. The molecule has 0 spiro atoms. The van der Waals surface area contributed by atoms with Crippen LogP contribution in [0.25, 0.3) is 43.1 Å². The van der Waals surface area contributed by atoms with E-state index >= 15 is 0 Å². The number of fused-ring (bicyclic) bond motifs is 4. The maximum absolute atomic E-state index is 10.7. The highest BCUT2D eigenvalue weighted by Gasteiger charge is 2.11. The Bertz CT molecular complexity index is 2720. The third-order valence-corrected chi connectivity index (χ3v) is 8.57. The Morgan fingerprint density at radius 2 is 0.891 bits per heavy atom. The summed E-state index contributed by atoms with van der Waals surface area (Å²) in [5.74, 6) is 1.25. The van der Waals surface area contributed by atoms with Gasteiger partial charge >= 0.3 is 5.97 Å². The number of hydrogen-bond donors (Lipinski definition) is 8. The maximum Gasteiger partial charge on any atom is 0.339 e. The fraction of sp³-hybridized carbons (Fsp3) is 0.146. The van der Waals surface area contributed by atoms with E-state index in [0.717, 1.165) is 43.8 Å². The molecule has 64 heavy (non-hydrogen) atoms. The lowest BCUT2D eigenvalue weighted by Gasteiger charge is -2.05. The fourth-order valence-corrected chi connectivity index (χ4v) is 5.51. The number of aromatic hydroxyl groups is 6. The first kappa shape index (κ1) is 48.3. The van der Waals surface area contributed by atoms with Crippen LogP contribution >= 0.6 is 24.1 Å². The molecule has 7 N–H and O–H groups in total. The molecule has 0 fully saturated rings. The number of phenolic OH excluding ortho intramolecular Hbond substituents is 5. The zero-order chi connectivity index (χ0) is 48.6. The highest BCUT2D eigenvalue weighted by atomic mass is 35.5. The van der Waals surface area contributed by atoms with Crippen molar-refractivity contribution < 1.29 is 64.2 Å². The van der Waals surface area contributed by atoms with Crippen LogP contribution in [0.3, 0.4) is 0 Å². The van der Waals surface area contributed by atoms with Gasteiger partial charge in [-0.05, 0) is 141 Å². The van der Waals surface area contributed by atoms with Crippen LogP contribution in [0.4, 0.5) is 0 Å². The van der Waals surface area contributed by atoms with Gasteiger partial charge in [-0.2, -0.15) is 0 Å². The molecule has 0 aliphatic carbocycles. The number of carboxylic acid groups (broad SMARTS) is 1. The van der Waals surface area contributed by atoms with E-state index < -0.39 is 5.97 Å². The number of aromatic carboxylic acids is 1. The monoisotopic (exact) mass is 915 g/mol. The SMILES string of the molecule is COCCl.COCOc1ccc2ccc(O)cc2c1.O=C(O)c1cc2ccc(O)cc2cc1O.Oc1ccc2ccc(O)cc2c1.[2H]B(C)S.[3H]Oc1ccc2ccc(OCOC)cc2c1. The van der Waals surface area contributed by atoms with Gasteiger partial charge in [-0.3, -0.25) is 0 Å². The summed E-state index contributed by atoms with van der Waals surface area (Å²) in [4.78, 5) is 10.7. The largest absolute Gasteiger partial charge is 0.508 e. The minimum Gasteiger partial charge on any atom is -0.508 e. The van der Waals surface area contributed by atoms with E-state index in [9.17, 15) is 20.1 Å². The van der Waals surface area contributed by atoms with Crippen molar-refractivity contribution in [3.05, 3.63) is 145 Å². The number of hydrogen-bond acceptors (Lipinski definition) is 13. The number of ether oxygens (including phenoxy) is 5. The molecule has 0 aliphatic rings. The first-order chi connectivity index (χ1) is 31.6.